The first-order valence-corrected chi connectivity index (χ1v) is 8.24. The molecule has 0 aromatic heterocycles. The summed E-state index contributed by atoms with van der Waals surface area (Å²) in [6, 6.07) is 4.99. The second kappa shape index (κ2) is 6.14. The summed E-state index contributed by atoms with van der Waals surface area (Å²) in [5.41, 5.74) is 0.696. The van der Waals surface area contributed by atoms with Crippen molar-refractivity contribution >= 4 is 10.0 Å². The monoisotopic (exact) mass is 299 g/mol. The molecule has 4 nitrogen and oxygen atoms in total. The Labute approximate surface area is 122 Å². The van der Waals surface area contributed by atoms with Crippen molar-refractivity contribution in [3.8, 4) is 5.75 Å². The molecule has 1 N–H and O–H groups in total. The lowest BCUT2D eigenvalue weighted by Gasteiger charge is -2.23. The zero-order chi connectivity index (χ0) is 15.6. The van der Waals surface area contributed by atoms with Gasteiger partial charge in [0.05, 0.1) is 12.0 Å². The molecule has 0 aliphatic carbocycles. The maximum Gasteiger partial charge on any atom is 0.240 e. The van der Waals surface area contributed by atoms with Crippen LogP contribution >= 0.6 is 0 Å². The van der Waals surface area contributed by atoms with Gasteiger partial charge in [-0.3, -0.25) is 0 Å². The Balaban J connectivity index is 3.21. The van der Waals surface area contributed by atoms with Gasteiger partial charge in [-0.2, -0.15) is 0 Å². The Morgan fingerprint density at radius 3 is 2.30 bits per heavy atom. The molecule has 1 aromatic carbocycles. The van der Waals surface area contributed by atoms with E-state index in [1.807, 2.05) is 34.6 Å². The average molecular weight is 299 g/mol. The van der Waals surface area contributed by atoms with Crippen molar-refractivity contribution in [2.75, 3.05) is 13.7 Å². The summed E-state index contributed by atoms with van der Waals surface area (Å²) in [5, 5.41) is 0. The quantitative estimate of drug-likeness (QED) is 0.909. The summed E-state index contributed by atoms with van der Waals surface area (Å²) in [6.07, 6.45) is 0. The first-order chi connectivity index (χ1) is 9.08. The molecule has 0 bridgehead atoms. The van der Waals surface area contributed by atoms with E-state index in [9.17, 15) is 8.42 Å². The van der Waals surface area contributed by atoms with Crippen molar-refractivity contribution in [2.45, 2.75) is 44.9 Å². The van der Waals surface area contributed by atoms with Crippen LogP contribution in [-0.2, 0) is 15.4 Å². The van der Waals surface area contributed by atoms with Crippen LogP contribution < -0.4 is 9.46 Å². The highest BCUT2D eigenvalue weighted by atomic mass is 32.2. The summed E-state index contributed by atoms with van der Waals surface area (Å²) in [6.45, 7) is 10.5. The van der Waals surface area contributed by atoms with Crippen LogP contribution in [0.25, 0.3) is 0 Å². The fourth-order valence-electron chi connectivity index (χ4n) is 1.80. The predicted molar refractivity (Wildman–Crippen MR) is 81.7 cm³/mol. The lowest BCUT2D eigenvalue weighted by Crippen LogP contribution is -2.28. The summed E-state index contributed by atoms with van der Waals surface area (Å²) in [4.78, 5) is 0.281. The molecule has 0 saturated heterocycles. The third-order valence-electron chi connectivity index (χ3n) is 2.97. The van der Waals surface area contributed by atoms with Gasteiger partial charge >= 0.3 is 0 Å². The zero-order valence-electron chi connectivity index (χ0n) is 13.1. The molecule has 0 heterocycles. The van der Waals surface area contributed by atoms with Gasteiger partial charge in [-0.1, -0.05) is 34.6 Å². The van der Waals surface area contributed by atoms with Crippen LogP contribution in [0.15, 0.2) is 23.1 Å². The highest BCUT2D eigenvalue weighted by Gasteiger charge is 2.23. The molecular weight excluding hydrogens is 274 g/mol. The van der Waals surface area contributed by atoms with Gasteiger partial charge in [-0.15, -0.1) is 0 Å². The van der Waals surface area contributed by atoms with Gasteiger partial charge in [0.25, 0.3) is 0 Å². The molecule has 20 heavy (non-hydrogen) atoms. The Kier molecular flexibility index (Phi) is 5.21. The fraction of sp³-hybridized carbons (Fsp3) is 0.600. The number of hydrogen-bond donors (Lipinski definition) is 1. The third kappa shape index (κ3) is 4.21. The van der Waals surface area contributed by atoms with E-state index in [2.05, 4.69) is 4.72 Å². The second-order valence-corrected chi connectivity index (χ2v) is 8.12. The van der Waals surface area contributed by atoms with Gasteiger partial charge in [0.1, 0.15) is 5.75 Å². The first-order valence-electron chi connectivity index (χ1n) is 6.76. The summed E-state index contributed by atoms with van der Waals surface area (Å²) >= 11 is 0. The lowest BCUT2D eigenvalue weighted by atomic mass is 9.86. The molecule has 1 rings (SSSR count). The van der Waals surface area contributed by atoms with Crippen molar-refractivity contribution in [3.63, 3.8) is 0 Å². The Bertz CT molecular complexity index is 557. The van der Waals surface area contributed by atoms with Crippen molar-refractivity contribution in [3.05, 3.63) is 23.8 Å². The smallest absolute Gasteiger partial charge is 0.240 e. The molecule has 5 heteroatoms. The molecule has 0 fully saturated rings. The zero-order valence-corrected chi connectivity index (χ0v) is 14.0. The third-order valence-corrected chi connectivity index (χ3v) is 4.39. The maximum atomic E-state index is 12.3. The van der Waals surface area contributed by atoms with E-state index in [1.54, 1.807) is 25.3 Å². The number of ether oxygens (including phenoxy) is 1. The van der Waals surface area contributed by atoms with Gasteiger partial charge < -0.3 is 4.74 Å². The molecule has 0 aliphatic heterocycles. The Hall–Kier alpha value is -1.07. The second-order valence-electron chi connectivity index (χ2n) is 6.36. The molecule has 0 atom stereocenters. The summed E-state index contributed by atoms with van der Waals surface area (Å²) in [5.74, 6) is 0.977. The van der Waals surface area contributed by atoms with Gasteiger partial charge in [0.15, 0.2) is 0 Å². The minimum absolute atomic E-state index is 0.186. The molecule has 114 valence electrons. The van der Waals surface area contributed by atoms with Crippen LogP contribution in [0.3, 0.4) is 0 Å². The van der Waals surface area contributed by atoms with Crippen LogP contribution in [0.2, 0.25) is 0 Å². The molecule has 0 spiro atoms. The van der Waals surface area contributed by atoms with Gasteiger partial charge in [-0.05, 0) is 29.5 Å². The average Bonchev–Trinajstić information content (AvgIpc) is 2.34. The van der Waals surface area contributed by atoms with E-state index in [4.69, 9.17) is 4.74 Å². The van der Waals surface area contributed by atoms with Crippen molar-refractivity contribution in [2.24, 2.45) is 5.92 Å². The largest absolute Gasteiger partial charge is 0.496 e. The number of methoxy groups -OCH3 is 1. The van der Waals surface area contributed by atoms with Crippen LogP contribution in [-0.4, -0.2) is 22.1 Å². The number of nitrogens with one attached hydrogen (secondary N) is 1. The van der Waals surface area contributed by atoms with Gasteiger partial charge in [0.2, 0.25) is 10.0 Å². The molecule has 0 unspecified atom stereocenters. The SMILES string of the molecule is COc1ccc(S(=O)(=O)NCC(C)C)cc1C(C)(C)C. The van der Waals surface area contributed by atoms with E-state index < -0.39 is 10.0 Å². The highest BCUT2D eigenvalue weighted by molar-refractivity contribution is 7.89. The normalized spacial score (nSPS) is 12.8. The number of benzene rings is 1. The minimum Gasteiger partial charge on any atom is -0.496 e. The van der Waals surface area contributed by atoms with Gasteiger partial charge in [0, 0.05) is 12.1 Å². The van der Waals surface area contributed by atoms with E-state index in [0.717, 1.165) is 5.56 Å². The topological polar surface area (TPSA) is 55.4 Å². The van der Waals surface area contributed by atoms with Crippen LogP contribution in [0.1, 0.15) is 40.2 Å². The van der Waals surface area contributed by atoms with Gasteiger partial charge in [-0.25, -0.2) is 13.1 Å². The molecule has 0 amide bonds. The van der Waals surface area contributed by atoms with E-state index in [0.29, 0.717) is 12.3 Å². The molecule has 0 saturated carbocycles. The standard InChI is InChI=1S/C15H25NO3S/c1-11(2)10-16-20(17,18)12-7-8-14(19-6)13(9-12)15(3,4)5/h7-9,11,16H,10H2,1-6H3. The number of sulfonamides is 1. The fourth-order valence-corrected chi connectivity index (χ4v) is 3.04. The highest BCUT2D eigenvalue weighted by Crippen LogP contribution is 2.33. The summed E-state index contributed by atoms with van der Waals surface area (Å²) < 4.78 is 32.5. The van der Waals surface area contributed by atoms with Crippen LogP contribution in [0.4, 0.5) is 0 Å². The Morgan fingerprint density at radius 1 is 1.25 bits per heavy atom. The van der Waals surface area contributed by atoms with E-state index in [-0.39, 0.29) is 16.2 Å². The van der Waals surface area contributed by atoms with E-state index >= 15 is 0 Å². The number of hydrogen-bond acceptors (Lipinski definition) is 3. The molecule has 0 aliphatic rings. The van der Waals surface area contributed by atoms with Crippen LogP contribution in [0.5, 0.6) is 5.75 Å². The lowest BCUT2D eigenvalue weighted by molar-refractivity contribution is 0.397. The maximum absolute atomic E-state index is 12.3. The predicted octanol–water partition coefficient (Wildman–Crippen LogP) is 2.93. The first kappa shape index (κ1) is 17.0. The van der Waals surface area contributed by atoms with Crippen molar-refractivity contribution in [1.29, 1.82) is 0 Å². The van der Waals surface area contributed by atoms with Crippen molar-refractivity contribution in [1.82, 2.24) is 4.72 Å². The molecule has 1 aromatic rings. The molecule has 0 radical (unpaired) electrons. The van der Waals surface area contributed by atoms with Crippen molar-refractivity contribution < 1.29 is 13.2 Å². The number of rotatable bonds is 5. The summed E-state index contributed by atoms with van der Waals surface area (Å²) in [7, 11) is -1.88. The van der Waals surface area contributed by atoms with Crippen LogP contribution in [0, 0.1) is 5.92 Å². The van der Waals surface area contributed by atoms with E-state index in [1.165, 1.54) is 0 Å². The minimum atomic E-state index is -3.47. The molecular formula is C15H25NO3S. The Morgan fingerprint density at radius 2 is 1.85 bits per heavy atom.